The van der Waals surface area contributed by atoms with Crippen LogP contribution in [0.25, 0.3) is 0 Å². The molecule has 1 aromatic carbocycles. The maximum atomic E-state index is 12.3. The first-order valence-corrected chi connectivity index (χ1v) is 8.19. The Labute approximate surface area is 147 Å². The van der Waals surface area contributed by atoms with Gasteiger partial charge in [0.05, 0.1) is 12.7 Å². The van der Waals surface area contributed by atoms with Crippen LogP contribution < -0.4 is 10.6 Å². The van der Waals surface area contributed by atoms with Crippen molar-refractivity contribution in [3.05, 3.63) is 41.5 Å². The smallest absolute Gasteiger partial charge is 0.337 e. The Kier molecular flexibility index (Phi) is 6.71. The summed E-state index contributed by atoms with van der Waals surface area (Å²) in [5.74, 6) is -0.948. The number of amides is 2. The van der Waals surface area contributed by atoms with Crippen molar-refractivity contribution >= 4 is 23.5 Å². The second kappa shape index (κ2) is 8.98. The third kappa shape index (κ3) is 5.42. The van der Waals surface area contributed by atoms with E-state index in [0.717, 1.165) is 19.5 Å². The van der Waals surface area contributed by atoms with Crippen molar-refractivity contribution in [1.29, 1.82) is 0 Å². The molecule has 1 fully saturated rings. The van der Waals surface area contributed by atoms with Crippen molar-refractivity contribution in [2.24, 2.45) is 0 Å². The van der Waals surface area contributed by atoms with Crippen LogP contribution in [0.1, 0.15) is 23.7 Å². The minimum absolute atomic E-state index is 0.155. The molecule has 1 heterocycles. The number of methoxy groups -OCH3 is 1. The first-order valence-electron chi connectivity index (χ1n) is 8.19. The predicted molar refractivity (Wildman–Crippen MR) is 94.2 cm³/mol. The van der Waals surface area contributed by atoms with Gasteiger partial charge in [0.2, 0.25) is 5.91 Å². The average molecular weight is 345 g/mol. The van der Waals surface area contributed by atoms with Crippen molar-refractivity contribution in [3.63, 3.8) is 0 Å². The lowest BCUT2D eigenvalue weighted by Crippen LogP contribution is -2.33. The van der Waals surface area contributed by atoms with E-state index in [1.807, 2.05) is 0 Å². The summed E-state index contributed by atoms with van der Waals surface area (Å²) in [6.45, 7) is 4.59. The van der Waals surface area contributed by atoms with Crippen molar-refractivity contribution in [2.45, 2.75) is 13.3 Å². The SMILES string of the molecule is COC(=O)c1ccc(NC(=O)/C(C)=C/C(=O)N2CCCNCC2)cc1. The second-order valence-corrected chi connectivity index (χ2v) is 5.78. The molecule has 0 aliphatic carbocycles. The van der Waals surface area contributed by atoms with Gasteiger partial charge in [-0.1, -0.05) is 0 Å². The largest absolute Gasteiger partial charge is 0.465 e. The average Bonchev–Trinajstić information content (AvgIpc) is 2.91. The van der Waals surface area contributed by atoms with Gasteiger partial charge in [0.15, 0.2) is 0 Å². The lowest BCUT2D eigenvalue weighted by molar-refractivity contribution is -0.126. The predicted octanol–water partition coefficient (Wildman–Crippen LogP) is 1.18. The summed E-state index contributed by atoms with van der Waals surface area (Å²) in [6, 6.07) is 6.35. The molecule has 1 saturated heterocycles. The van der Waals surface area contributed by atoms with Crippen LogP contribution in [0.4, 0.5) is 5.69 Å². The van der Waals surface area contributed by atoms with Gasteiger partial charge < -0.3 is 20.3 Å². The van der Waals surface area contributed by atoms with Gasteiger partial charge in [-0.3, -0.25) is 9.59 Å². The molecule has 0 aromatic heterocycles. The fourth-order valence-electron chi connectivity index (χ4n) is 2.45. The molecule has 134 valence electrons. The summed E-state index contributed by atoms with van der Waals surface area (Å²) >= 11 is 0. The monoisotopic (exact) mass is 345 g/mol. The molecule has 1 aliphatic heterocycles. The number of carbonyl (C=O) groups excluding carboxylic acids is 3. The van der Waals surface area contributed by atoms with Gasteiger partial charge in [0, 0.05) is 37.0 Å². The van der Waals surface area contributed by atoms with E-state index in [0.29, 0.717) is 29.9 Å². The Balaban J connectivity index is 1.96. The van der Waals surface area contributed by atoms with Crippen molar-refractivity contribution in [3.8, 4) is 0 Å². The summed E-state index contributed by atoms with van der Waals surface area (Å²) in [6.07, 6.45) is 2.26. The molecule has 25 heavy (non-hydrogen) atoms. The van der Waals surface area contributed by atoms with Crippen LogP contribution in [0, 0.1) is 0 Å². The van der Waals surface area contributed by atoms with E-state index in [2.05, 4.69) is 15.4 Å². The number of carbonyl (C=O) groups is 3. The van der Waals surface area contributed by atoms with Crippen LogP contribution in [0.2, 0.25) is 0 Å². The van der Waals surface area contributed by atoms with Crippen LogP contribution in [-0.4, -0.2) is 56.0 Å². The Bertz CT molecular complexity index is 659. The third-order valence-corrected chi connectivity index (χ3v) is 3.91. The summed E-state index contributed by atoms with van der Waals surface area (Å²) in [5, 5.41) is 5.93. The zero-order chi connectivity index (χ0) is 18.2. The second-order valence-electron chi connectivity index (χ2n) is 5.78. The third-order valence-electron chi connectivity index (χ3n) is 3.91. The highest BCUT2D eigenvalue weighted by Crippen LogP contribution is 2.12. The summed E-state index contributed by atoms with van der Waals surface area (Å²) < 4.78 is 4.62. The number of nitrogens with one attached hydrogen (secondary N) is 2. The summed E-state index contributed by atoms with van der Waals surface area (Å²) in [7, 11) is 1.31. The van der Waals surface area contributed by atoms with Crippen LogP contribution >= 0.6 is 0 Å². The maximum absolute atomic E-state index is 12.3. The highest BCUT2D eigenvalue weighted by Gasteiger charge is 2.15. The highest BCUT2D eigenvalue weighted by molar-refractivity contribution is 6.07. The molecule has 0 bridgehead atoms. The van der Waals surface area contributed by atoms with E-state index in [1.54, 1.807) is 36.1 Å². The molecule has 0 spiro atoms. The van der Waals surface area contributed by atoms with Crippen molar-refractivity contribution in [2.75, 3.05) is 38.6 Å². The number of hydrogen-bond acceptors (Lipinski definition) is 5. The van der Waals surface area contributed by atoms with Gasteiger partial charge >= 0.3 is 5.97 Å². The fraction of sp³-hybridized carbons (Fsp3) is 0.389. The Morgan fingerprint density at radius 1 is 1.16 bits per heavy atom. The molecule has 2 amide bonds. The minimum atomic E-state index is -0.438. The number of ether oxygens (including phenoxy) is 1. The molecule has 0 atom stereocenters. The fourth-order valence-corrected chi connectivity index (χ4v) is 2.45. The van der Waals surface area contributed by atoms with Crippen molar-refractivity contribution in [1.82, 2.24) is 10.2 Å². The molecule has 2 N–H and O–H groups in total. The van der Waals surface area contributed by atoms with E-state index < -0.39 is 5.97 Å². The lowest BCUT2D eigenvalue weighted by atomic mass is 10.2. The van der Waals surface area contributed by atoms with E-state index in [-0.39, 0.29) is 11.8 Å². The first-order chi connectivity index (χ1) is 12.0. The maximum Gasteiger partial charge on any atom is 0.337 e. The van der Waals surface area contributed by atoms with Gasteiger partial charge in [-0.15, -0.1) is 0 Å². The molecule has 0 unspecified atom stereocenters. The summed E-state index contributed by atoms with van der Waals surface area (Å²) in [4.78, 5) is 37.6. The molecule has 1 aromatic rings. The molecule has 7 heteroatoms. The molecular formula is C18H23N3O4. The molecule has 0 saturated carbocycles. The molecular weight excluding hydrogens is 322 g/mol. The molecule has 2 rings (SSSR count). The van der Waals surface area contributed by atoms with E-state index in [4.69, 9.17) is 0 Å². The van der Waals surface area contributed by atoms with Gasteiger partial charge in [-0.2, -0.15) is 0 Å². The number of rotatable bonds is 4. The normalized spacial score (nSPS) is 15.3. The molecule has 7 nitrogen and oxygen atoms in total. The van der Waals surface area contributed by atoms with Gasteiger partial charge in [0.25, 0.3) is 5.91 Å². The van der Waals surface area contributed by atoms with Crippen molar-refractivity contribution < 1.29 is 19.1 Å². The number of benzene rings is 1. The van der Waals surface area contributed by atoms with E-state index in [9.17, 15) is 14.4 Å². The number of anilines is 1. The molecule has 1 aliphatic rings. The highest BCUT2D eigenvalue weighted by atomic mass is 16.5. The Hall–Kier alpha value is -2.67. The minimum Gasteiger partial charge on any atom is -0.465 e. The topological polar surface area (TPSA) is 87.7 Å². The van der Waals surface area contributed by atoms with Gasteiger partial charge in [-0.05, 0) is 44.2 Å². The van der Waals surface area contributed by atoms with Crippen LogP contribution in [0.3, 0.4) is 0 Å². The summed E-state index contributed by atoms with van der Waals surface area (Å²) in [5.41, 5.74) is 1.27. The zero-order valence-electron chi connectivity index (χ0n) is 14.5. The number of nitrogens with zero attached hydrogens (tertiary/aromatic N) is 1. The number of esters is 1. The molecule has 0 radical (unpaired) electrons. The zero-order valence-corrected chi connectivity index (χ0v) is 14.5. The quantitative estimate of drug-likeness (QED) is 0.632. The van der Waals surface area contributed by atoms with E-state index >= 15 is 0 Å². The van der Waals surface area contributed by atoms with Crippen LogP contribution in [0.15, 0.2) is 35.9 Å². The van der Waals surface area contributed by atoms with Crippen LogP contribution in [-0.2, 0) is 14.3 Å². The standard InChI is InChI=1S/C18H23N3O4/c1-13(12-16(22)21-10-3-8-19-9-11-21)17(23)20-15-6-4-14(5-7-15)18(24)25-2/h4-7,12,19H,3,8-11H2,1-2H3,(H,20,23)/b13-12+. The Morgan fingerprint density at radius 3 is 2.56 bits per heavy atom. The van der Waals surface area contributed by atoms with E-state index in [1.165, 1.54) is 13.2 Å². The van der Waals surface area contributed by atoms with Gasteiger partial charge in [-0.25, -0.2) is 4.79 Å². The van der Waals surface area contributed by atoms with Gasteiger partial charge in [0.1, 0.15) is 0 Å². The first kappa shape index (κ1) is 18.7. The lowest BCUT2D eigenvalue weighted by Gasteiger charge is -2.18. The van der Waals surface area contributed by atoms with Crippen LogP contribution in [0.5, 0.6) is 0 Å². The Morgan fingerprint density at radius 2 is 1.88 bits per heavy atom. The number of hydrogen-bond donors (Lipinski definition) is 2.